The van der Waals surface area contributed by atoms with Gasteiger partial charge in [0.05, 0.1) is 10.5 Å². The Morgan fingerprint density at radius 2 is 1.71 bits per heavy atom. The molecule has 1 aliphatic heterocycles. The molecule has 7 heteroatoms. The van der Waals surface area contributed by atoms with Crippen molar-refractivity contribution in [2.75, 3.05) is 10.0 Å². The lowest BCUT2D eigenvalue weighted by Gasteiger charge is -2.19. The van der Waals surface area contributed by atoms with Gasteiger partial charge >= 0.3 is 0 Å². The van der Waals surface area contributed by atoms with Gasteiger partial charge in [0, 0.05) is 26.7 Å². The summed E-state index contributed by atoms with van der Waals surface area (Å²) in [5.41, 5.74) is 3.26. The Morgan fingerprint density at radius 3 is 2.32 bits per heavy atom. The van der Waals surface area contributed by atoms with Gasteiger partial charge in [0.25, 0.3) is 15.9 Å². The number of carbonyl (C=O) groups excluding carboxylic acids is 1. The Balaban J connectivity index is 1.65. The number of amides is 1. The first-order valence-electron chi connectivity index (χ1n) is 9.90. The van der Waals surface area contributed by atoms with Gasteiger partial charge < -0.3 is 5.32 Å². The average molecular weight is 453 g/mol. The maximum Gasteiger partial charge on any atom is 0.261 e. The lowest BCUT2D eigenvalue weighted by molar-refractivity contribution is -0.110. The Morgan fingerprint density at radius 1 is 1.00 bits per heavy atom. The second kappa shape index (κ2) is 7.66. The highest BCUT2D eigenvalue weighted by Crippen LogP contribution is 2.36. The van der Waals surface area contributed by atoms with Crippen molar-refractivity contribution in [3.63, 3.8) is 0 Å². The molecule has 1 aromatic heterocycles. The van der Waals surface area contributed by atoms with E-state index >= 15 is 0 Å². The summed E-state index contributed by atoms with van der Waals surface area (Å²) in [5, 5.41) is 2.81. The standard InChI is InChI=1S/C24H24N2O3S2/c1-15-5-10-18(30-15)13-21-20-14-19(11-12-22(20)25-23(21)27)31(28,29)26-17-8-6-16(7-9-17)24(2,3)4/h5-14,26H,1-4H3,(H,25,27)/b21-13+. The highest BCUT2D eigenvalue weighted by molar-refractivity contribution is 7.92. The summed E-state index contributed by atoms with van der Waals surface area (Å²) in [7, 11) is -3.81. The molecule has 0 radical (unpaired) electrons. The predicted molar refractivity (Wildman–Crippen MR) is 128 cm³/mol. The Bertz CT molecular complexity index is 1300. The fourth-order valence-electron chi connectivity index (χ4n) is 3.40. The topological polar surface area (TPSA) is 75.3 Å². The van der Waals surface area contributed by atoms with Crippen molar-refractivity contribution in [2.45, 2.75) is 38.0 Å². The molecular formula is C24H24N2O3S2. The molecule has 2 heterocycles. The monoisotopic (exact) mass is 452 g/mol. The van der Waals surface area contributed by atoms with E-state index in [1.807, 2.05) is 31.2 Å². The van der Waals surface area contributed by atoms with Crippen LogP contribution in [0.4, 0.5) is 11.4 Å². The molecule has 160 valence electrons. The van der Waals surface area contributed by atoms with Gasteiger partial charge in [-0.1, -0.05) is 32.9 Å². The van der Waals surface area contributed by atoms with E-state index in [-0.39, 0.29) is 16.2 Å². The van der Waals surface area contributed by atoms with E-state index in [0.717, 1.165) is 15.3 Å². The van der Waals surface area contributed by atoms with Crippen LogP contribution in [0.2, 0.25) is 0 Å². The zero-order chi connectivity index (χ0) is 22.4. The number of thiophene rings is 1. The molecular weight excluding hydrogens is 428 g/mol. The second-order valence-electron chi connectivity index (χ2n) is 8.60. The molecule has 2 N–H and O–H groups in total. The molecule has 2 aromatic carbocycles. The molecule has 0 fully saturated rings. The molecule has 0 unspecified atom stereocenters. The van der Waals surface area contributed by atoms with Crippen LogP contribution in [0.3, 0.4) is 0 Å². The van der Waals surface area contributed by atoms with Crippen LogP contribution in [-0.4, -0.2) is 14.3 Å². The summed E-state index contributed by atoms with van der Waals surface area (Å²) in [5.74, 6) is -0.235. The molecule has 0 saturated carbocycles. The second-order valence-corrected chi connectivity index (χ2v) is 11.6. The Hall–Kier alpha value is -2.90. The van der Waals surface area contributed by atoms with Gasteiger partial charge in [-0.25, -0.2) is 8.42 Å². The van der Waals surface area contributed by atoms with E-state index in [2.05, 4.69) is 30.8 Å². The van der Waals surface area contributed by atoms with Crippen molar-refractivity contribution in [1.82, 2.24) is 0 Å². The van der Waals surface area contributed by atoms with E-state index in [1.165, 1.54) is 6.07 Å². The quantitative estimate of drug-likeness (QED) is 0.503. The molecule has 1 amide bonds. The number of sulfonamides is 1. The third-order valence-corrected chi connectivity index (χ3v) is 7.46. The minimum atomic E-state index is -3.81. The van der Waals surface area contributed by atoms with E-state index in [0.29, 0.717) is 22.5 Å². The summed E-state index contributed by atoms with van der Waals surface area (Å²) in [6, 6.07) is 16.0. The summed E-state index contributed by atoms with van der Waals surface area (Å²) in [6.07, 6.45) is 1.80. The van der Waals surface area contributed by atoms with Gasteiger partial charge in [-0.3, -0.25) is 9.52 Å². The highest BCUT2D eigenvalue weighted by Gasteiger charge is 2.27. The molecule has 3 aromatic rings. The van der Waals surface area contributed by atoms with Crippen LogP contribution in [-0.2, 0) is 20.2 Å². The van der Waals surface area contributed by atoms with Crippen LogP contribution in [0.25, 0.3) is 11.6 Å². The third kappa shape index (κ3) is 4.43. The first-order valence-corrected chi connectivity index (χ1v) is 12.2. The number of anilines is 2. The van der Waals surface area contributed by atoms with Gasteiger partial charge in [0.15, 0.2) is 0 Å². The van der Waals surface area contributed by atoms with Crippen LogP contribution >= 0.6 is 11.3 Å². The summed E-state index contributed by atoms with van der Waals surface area (Å²) in [4.78, 5) is 14.7. The molecule has 0 spiro atoms. The zero-order valence-corrected chi connectivity index (χ0v) is 19.4. The number of aryl methyl sites for hydroxylation is 1. The third-order valence-electron chi connectivity index (χ3n) is 5.14. The van der Waals surface area contributed by atoms with E-state index in [4.69, 9.17) is 0 Å². The molecule has 0 atom stereocenters. The maximum atomic E-state index is 13.0. The molecule has 0 bridgehead atoms. The summed E-state index contributed by atoms with van der Waals surface area (Å²) < 4.78 is 28.6. The minimum absolute atomic E-state index is 0.0131. The van der Waals surface area contributed by atoms with Gasteiger partial charge in [-0.15, -0.1) is 11.3 Å². The summed E-state index contributed by atoms with van der Waals surface area (Å²) >= 11 is 1.58. The first-order chi connectivity index (χ1) is 14.5. The SMILES string of the molecule is Cc1ccc(/C=C2/C(=O)Nc3ccc(S(=O)(=O)Nc4ccc(C(C)(C)C)cc4)cc32)s1. The zero-order valence-electron chi connectivity index (χ0n) is 17.8. The molecule has 4 rings (SSSR count). The van der Waals surface area contributed by atoms with Crippen molar-refractivity contribution in [2.24, 2.45) is 0 Å². The van der Waals surface area contributed by atoms with Crippen molar-refractivity contribution >= 4 is 50.3 Å². The van der Waals surface area contributed by atoms with Gasteiger partial charge in [0.2, 0.25) is 0 Å². The number of benzene rings is 2. The van der Waals surface area contributed by atoms with Crippen LogP contribution < -0.4 is 10.0 Å². The number of carbonyl (C=O) groups is 1. The number of hydrogen-bond donors (Lipinski definition) is 2. The Kier molecular flexibility index (Phi) is 5.27. The average Bonchev–Trinajstić information content (AvgIpc) is 3.24. The summed E-state index contributed by atoms with van der Waals surface area (Å²) in [6.45, 7) is 8.32. The van der Waals surface area contributed by atoms with Crippen molar-refractivity contribution < 1.29 is 13.2 Å². The molecule has 1 aliphatic rings. The fourth-order valence-corrected chi connectivity index (χ4v) is 5.31. The number of fused-ring (bicyclic) bond motifs is 1. The number of hydrogen-bond acceptors (Lipinski definition) is 4. The van der Waals surface area contributed by atoms with Crippen LogP contribution in [0.5, 0.6) is 0 Å². The van der Waals surface area contributed by atoms with Gasteiger partial charge in [-0.05, 0) is 66.4 Å². The lowest BCUT2D eigenvalue weighted by atomic mass is 9.87. The molecule has 5 nitrogen and oxygen atoms in total. The number of nitrogens with one attached hydrogen (secondary N) is 2. The first kappa shape index (κ1) is 21.3. The molecule has 31 heavy (non-hydrogen) atoms. The maximum absolute atomic E-state index is 13.0. The highest BCUT2D eigenvalue weighted by atomic mass is 32.2. The van der Waals surface area contributed by atoms with Crippen LogP contribution in [0.1, 0.15) is 41.7 Å². The van der Waals surface area contributed by atoms with E-state index in [9.17, 15) is 13.2 Å². The minimum Gasteiger partial charge on any atom is -0.321 e. The van der Waals surface area contributed by atoms with E-state index in [1.54, 1.807) is 41.7 Å². The van der Waals surface area contributed by atoms with Gasteiger partial charge in [-0.2, -0.15) is 0 Å². The fraction of sp³-hybridized carbons (Fsp3) is 0.208. The van der Waals surface area contributed by atoms with Crippen molar-refractivity contribution in [3.8, 4) is 0 Å². The normalized spacial score (nSPS) is 15.1. The van der Waals surface area contributed by atoms with E-state index < -0.39 is 10.0 Å². The van der Waals surface area contributed by atoms with Crippen LogP contribution in [0.15, 0.2) is 59.5 Å². The lowest BCUT2D eigenvalue weighted by Crippen LogP contribution is -2.14. The largest absolute Gasteiger partial charge is 0.321 e. The predicted octanol–water partition coefficient (Wildman–Crippen LogP) is 5.65. The van der Waals surface area contributed by atoms with Gasteiger partial charge in [0.1, 0.15) is 0 Å². The molecule has 0 saturated heterocycles. The van der Waals surface area contributed by atoms with Crippen molar-refractivity contribution in [3.05, 3.63) is 75.5 Å². The van der Waals surface area contributed by atoms with Crippen LogP contribution in [0, 0.1) is 6.92 Å². The molecule has 0 aliphatic carbocycles. The number of rotatable bonds is 4. The van der Waals surface area contributed by atoms with Crippen molar-refractivity contribution in [1.29, 1.82) is 0 Å². The smallest absolute Gasteiger partial charge is 0.261 e. The Labute approximate surface area is 186 Å².